The van der Waals surface area contributed by atoms with E-state index in [0.717, 1.165) is 0 Å². The van der Waals surface area contributed by atoms with Crippen molar-refractivity contribution in [2.45, 2.75) is 25.9 Å². The first-order chi connectivity index (χ1) is 8.54. The van der Waals surface area contributed by atoms with Gasteiger partial charge in [0.05, 0.1) is 12.7 Å². The lowest BCUT2D eigenvalue weighted by atomic mass is 10.1. The van der Waals surface area contributed by atoms with E-state index in [4.69, 9.17) is 4.74 Å². The van der Waals surface area contributed by atoms with Gasteiger partial charge in [0.25, 0.3) is 0 Å². The van der Waals surface area contributed by atoms with Crippen molar-refractivity contribution in [2.75, 3.05) is 13.7 Å². The molecule has 0 aliphatic carbocycles. The average Bonchev–Trinajstić information content (AvgIpc) is 2.34. The van der Waals surface area contributed by atoms with Crippen molar-refractivity contribution in [1.29, 1.82) is 0 Å². The van der Waals surface area contributed by atoms with Crippen LogP contribution in [-0.2, 0) is 4.79 Å². The first-order valence-corrected chi connectivity index (χ1v) is 5.85. The molecule has 0 heterocycles. The van der Waals surface area contributed by atoms with Crippen LogP contribution in [0.25, 0.3) is 0 Å². The van der Waals surface area contributed by atoms with Crippen LogP contribution in [0.2, 0.25) is 0 Å². The molecule has 100 valence electrons. The summed E-state index contributed by atoms with van der Waals surface area (Å²) >= 11 is 0. The number of ether oxygens (including phenoxy) is 1. The van der Waals surface area contributed by atoms with Crippen LogP contribution in [0.1, 0.15) is 31.4 Å². The first kappa shape index (κ1) is 14.4. The second kappa shape index (κ2) is 6.96. The lowest BCUT2D eigenvalue weighted by Gasteiger charge is -2.09. The van der Waals surface area contributed by atoms with Crippen molar-refractivity contribution >= 4 is 5.91 Å². The summed E-state index contributed by atoms with van der Waals surface area (Å²) < 4.78 is 18.8. The number of benzene rings is 1. The molecule has 0 aromatic heterocycles. The van der Waals surface area contributed by atoms with E-state index in [-0.39, 0.29) is 11.5 Å². The second-order valence-corrected chi connectivity index (χ2v) is 3.98. The number of aliphatic hydroxyl groups is 1. The summed E-state index contributed by atoms with van der Waals surface area (Å²) in [5, 5.41) is 11.8. The summed E-state index contributed by atoms with van der Waals surface area (Å²) in [4.78, 5) is 10.9. The average molecular weight is 255 g/mol. The number of carbonyl (C=O) groups is 1. The van der Waals surface area contributed by atoms with Gasteiger partial charge in [0.1, 0.15) is 11.6 Å². The van der Waals surface area contributed by atoms with Crippen molar-refractivity contribution in [3.8, 4) is 5.75 Å². The van der Waals surface area contributed by atoms with E-state index in [1.165, 1.54) is 19.1 Å². The lowest BCUT2D eigenvalue weighted by Crippen LogP contribution is -2.18. The van der Waals surface area contributed by atoms with Crippen molar-refractivity contribution < 1.29 is 19.0 Å². The predicted octanol–water partition coefficient (Wildman–Crippen LogP) is 1.78. The van der Waals surface area contributed by atoms with E-state index in [0.29, 0.717) is 25.2 Å². The summed E-state index contributed by atoms with van der Waals surface area (Å²) in [6, 6.07) is 4.33. The number of hydrogen-bond acceptors (Lipinski definition) is 3. The van der Waals surface area contributed by atoms with Crippen molar-refractivity contribution in [2.24, 2.45) is 0 Å². The molecule has 5 heteroatoms. The highest BCUT2D eigenvalue weighted by atomic mass is 19.1. The SMILES string of the molecule is CNC(=O)CCCOc1ccc(C(C)O)c(F)c1. The van der Waals surface area contributed by atoms with Crippen molar-refractivity contribution in [3.63, 3.8) is 0 Å². The van der Waals surface area contributed by atoms with Crippen LogP contribution in [0.3, 0.4) is 0 Å². The molecule has 1 amide bonds. The number of hydrogen-bond donors (Lipinski definition) is 2. The third-order valence-corrected chi connectivity index (χ3v) is 2.52. The normalized spacial score (nSPS) is 12.0. The minimum atomic E-state index is -0.840. The fourth-order valence-electron chi connectivity index (χ4n) is 1.48. The zero-order valence-corrected chi connectivity index (χ0v) is 10.6. The first-order valence-electron chi connectivity index (χ1n) is 5.85. The highest BCUT2D eigenvalue weighted by Gasteiger charge is 2.09. The molecule has 0 radical (unpaired) electrons. The van der Waals surface area contributed by atoms with Gasteiger partial charge in [0.2, 0.25) is 5.91 Å². The molecule has 1 atom stereocenters. The van der Waals surface area contributed by atoms with Crippen molar-refractivity contribution in [1.82, 2.24) is 5.32 Å². The Labute approximate surface area is 106 Å². The van der Waals surface area contributed by atoms with Gasteiger partial charge in [-0.15, -0.1) is 0 Å². The molecule has 0 aliphatic heterocycles. The van der Waals surface area contributed by atoms with Gasteiger partial charge in [-0.1, -0.05) is 0 Å². The van der Waals surface area contributed by atoms with Crippen LogP contribution < -0.4 is 10.1 Å². The van der Waals surface area contributed by atoms with Gasteiger partial charge < -0.3 is 15.2 Å². The summed E-state index contributed by atoms with van der Waals surface area (Å²) in [6.45, 7) is 1.85. The summed E-state index contributed by atoms with van der Waals surface area (Å²) in [7, 11) is 1.58. The maximum Gasteiger partial charge on any atom is 0.219 e. The van der Waals surface area contributed by atoms with Crippen LogP contribution in [-0.4, -0.2) is 24.7 Å². The molecule has 4 nitrogen and oxygen atoms in total. The van der Waals surface area contributed by atoms with Gasteiger partial charge in [-0.05, 0) is 25.5 Å². The largest absolute Gasteiger partial charge is 0.493 e. The number of amides is 1. The Morgan fingerprint density at radius 1 is 1.56 bits per heavy atom. The van der Waals surface area contributed by atoms with Crippen molar-refractivity contribution in [3.05, 3.63) is 29.6 Å². The van der Waals surface area contributed by atoms with Crippen LogP contribution >= 0.6 is 0 Å². The minimum Gasteiger partial charge on any atom is -0.493 e. The molecule has 18 heavy (non-hydrogen) atoms. The fraction of sp³-hybridized carbons (Fsp3) is 0.462. The standard InChI is InChI=1S/C13H18FNO3/c1-9(16)11-6-5-10(8-12(11)14)18-7-3-4-13(17)15-2/h5-6,8-9,16H,3-4,7H2,1-2H3,(H,15,17). The van der Waals surface area contributed by atoms with Gasteiger partial charge in [-0.2, -0.15) is 0 Å². The molecule has 2 N–H and O–H groups in total. The van der Waals surface area contributed by atoms with Gasteiger partial charge >= 0.3 is 0 Å². The Morgan fingerprint density at radius 3 is 2.83 bits per heavy atom. The molecule has 1 aromatic carbocycles. The highest BCUT2D eigenvalue weighted by Crippen LogP contribution is 2.21. The van der Waals surface area contributed by atoms with Crippen LogP contribution in [0.15, 0.2) is 18.2 Å². The number of nitrogens with one attached hydrogen (secondary N) is 1. The van der Waals surface area contributed by atoms with Crippen LogP contribution in [0.4, 0.5) is 4.39 Å². The molecule has 0 saturated heterocycles. The minimum absolute atomic E-state index is 0.0470. The number of carbonyl (C=O) groups excluding carboxylic acids is 1. The number of aliphatic hydroxyl groups excluding tert-OH is 1. The zero-order valence-electron chi connectivity index (χ0n) is 10.6. The molecule has 1 rings (SSSR count). The third-order valence-electron chi connectivity index (χ3n) is 2.52. The molecule has 0 aliphatic rings. The van der Waals surface area contributed by atoms with Crippen LogP contribution in [0.5, 0.6) is 5.75 Å². The Hall–Kier alpha value is -1.62. The number of halogens is 1. The fourth-order valence-corrected chi connectivity index (χ4v) is 1.48. The summed E-state index contributed by atoms with van der Waals surface area (Å²) in [6.07, 6.45) is 0.108. The highest BCUT2D eigenvalue weighted by molar-refractivity contribution is 5.75. The molecule has 1 unspecified atom stereocenters. The summed E-state index contributed by atoms with van der Waals surface area (Å²) in [5.41, 5.74) is 0.243. The van der Waals surface area contributed by atoms with Gasteiger partial charge in [0.15, 0.2) is 0 Å². The van der Waals surface area contributed by atoms with Gasteiger partial charge in [-0.25, -0.2) is 4.39 Å². The summed E-state index contributed by atoms with van der Waals surface area (Å²) in [5.74, 6) is -0.142. The molecule has 0 saturated carbocycles. The van der Waals surface area contributed by atoms with Gasteiger partial charge in [-0.3, -0.25) is 4.79 Å². The monoisotopic (exact) mass is 255 g/mol. The van der Waals surface area contributed by atoms with E-state index in [9.17, 15) is 14.3 Å². The maximum absolute atomic E-state index is 13.5. The second-order valence-electron chi connectivity index (χ2n) is 3.98. The molecule has 0 bridgehead atoms. The van der Waals surface area contributed by atoms with E-state index in [1.54, 1.807) is 13.1 Å². The van der Waals surface area contributed by atoms with E-state index >= 15 is 0 Å². The Balaban J connectivity index is 2.44. The lowest BCUT2D eigenvalue weighted by molar-refractivity contribution is -0.120. The predicted molar refractivity (Wildman–Crippen MR) is 65.8 cm³/mol. The molecule has 1 aromatic rings. The van der Waals surface area contributed by atoms with E-state index < -0.39 is 11.9 Å². The van der Waals surface area contributed by atoms with E-state index in [1.807, 2.05) is 0 Å². The molecular formula is C13H18FNO3. The van der Waals surface area contributed by atoms with Crippen LogP contribution in [0, 0.1) is 5.82 Å². The Kier molecular flexibility index (Phi) is 5.58. The molecule has 0 fully saturated rings. The quantitative estimate of drug-likeness (QED) is 0.762. The smallest absolute Gasteiger partial charge is 0.219 e. The molecular weight excluding hydrogens is 237 g/mol. The number of rotatable bonds is 6. The Bertz CT molecular complexity index is 407. The zero-order chi connectivity index (χ0) is 13.5. The third kappa shape index (κ3) is 4.33. The van der Waals surface area contributed by atoms with Gasteiger partial charge in [0, 0.05) is 25.1 Å². The molecule has 0 spiro atoms. The van der Waals surface area contributed by atoms with E-state index in [2.05, 4.69) is 5.32 Å². The topological polar surface area (TPSA) is 58.6 Å². The maximum atomic E-state index is 13.5. The Morgan fingerprint density at radius 2 is 2.28 bits per heavy atom.